The van der Waals surface area contributed by atoms with Crippen molar-refractivity contribution in [2.45, 2.75) is 24.0 Å². The molecule has 4 aromatic rings. The van der Waals surface area contributed by atoms with Crippen LogP contribution in [0.5, 0.6) is 0 Å². The van der Waals surface area contributed by atoms with E-state index < -0.39 is 0 Å². The third-order valence-corrected chi connectivity index (χ3v) is 6.35. The molecule has 0 aliphatic rings. The molecule has 0 aliphatic heterocycles. The number of hydrogen-bond donors (Lipinski definition) is 3. The Kier molecular flexibility index (Phi) is 7.48. The largest absolute Gasteiger partial charge is 0.326 e. The third kappa shape index (κ3) is 6.49. The van der Waals surface area contributed by atoms with Crippen LogP contribution in [0.2, 0.25) is 0 Å². The molecule has 0 bridgehead atoms. The molecule has 0 saturated carbocycles. The number of benzene rings is 4. The van der Waals surface area contributed by atoms with Crippen molar-refractivity contribution in [3.8, 4) is 0 Å². The molecule has 0 radical (unpaired) electrons. The number of rotatable bonds is 7. The first-order valence-electron chi connectivity index (χ1n) is 11.1. The highest BCUT2D eigenvalue weighted by molar-refractivity contribution is 8.00. The number of fused-ring (bicyclic) bond motifs is 1. The maximum atomic E-state index is 12.8. The molecule has 3 amide bonds. The van der Waals surface area contributed by atoms with Gasteiger partial charge in [-0.15, -0.1) is 11.8 Å². The summed E-state index contributed by atoms with van der Waals surface area (Å²) >= 11 is 1.40. The fourth-order valence-electron chi connectivity index (χ4n) is 3.52. The van der Waals surface area contributed by atoms with Gasteiger partial charge in [-0.05, 0) is 72.3 Å². The van der Waals surface area contributed by atoms with Crippen molar-refractivity contribution >= 4 is 57.3 Å². The van der Waals surface area contributed by atoms with E-state index in [9.17, 15) is 14.4 Å². The summed E-state index contributed by atoms with van der Waals surface area (Å²) in [6.07, 6.45) is 0. The molecule has 176 valence electrons. The third-order valence-electron chi connectivity index (χ3n) is 5.26. The number of amides is 3. The van der Waals surface area contributed by atoms with Crippen molar-refractivity contribution in [2.75, 3.05) is 16.0 Å². The minimum absolute atomic E-state index is 0.145. The van der Waals surface area contributed by atoms with Gasteiger partial charge in [0.1, 0.15) is 0 Å². The Morgan fingerprint density at radius 1 is 0.686 bits per heavy atom. The van der Waals surface area contributed by atoms with Gasteiger partial charge in [-0.3, -0.25) is 14.4 Å². The van der Waals surface area contributed by atoms with Crippen LogP contribution < -0.4 is 16.0 Å². The SMILES string of the molecule is CC(=O)Nc1ccc(NC(=O)C(C)Sc2cccc(NC(=O)c3ccc4ccccc4c3)c2)cc1. The van der Waals surface area contributed by atoms with E-state index in [1.54, 1.807) is 24.3 Å². The van der Waals surface area contributed by atoms with Crippen LogP contribution in [0.3, 0.4) is 0 Å². The quantitative estimate of drug-likeness (QED) is 0.274. The van der Waals surface area contributed by atoms with Crippen molar-refractivity contribution < 1.29 is 14.4 Å². The number of hydrogen-bond acceptors (Lipinski definition) is 4. The van der Waals surface area contributed by atoms with Crippen LogP contribution in [0.25, 0.3) is 10.8 Å². The fraction of sp³-hybridized carbons (Fsp3) is 0.107. The lowest BCUT2D eigenvalue weighted by atomic mass is 10.1. The highest BCUT2D eigenvalue weighted by atomic mass is 32.2. The predicted molar refractivity (Wildman–Crippen MR) is 143 cm³/mol. The first kappa shape index (κ1) is 24.0. The molecule has 0 fully saturated rings. The van der Waals surface area contributed by atoms with Crippen LogP contribution in [0.15, 0.2) is 95.9 Å². The minimum atomic E-state index is -0.364. The van der Waals surface area contributed by atoms with Gasteiger partial charge in [0.15, 0.2) is 0 Å². The van der Waals surface area contributed by atoms with Crippen molar-refractivity contribution in [3.05, 3.63) is 96.6 Å². The molecule has 0 aliphatic carbocycles. The first-order chi connectivity index (χ1) is 16.9. The van der Waals surface area contributed by atoms with E-state index in [2.05, 4.69) is 16.0 Å². The summed E-state index contributed by atoms with van der Waals surface area (Å²) in [4.78, 5) is 37.4. The number of carbonyl (C=O) groups is 3. The Bertz CT molecular complexity index is 1390. The summed E-state index contributed by atoms with van der Waals surface area (Å²) in [5.41, 5.74) is 2.56. The minimum Gasteiger partial charge on any atom is -0.326 e. The summed E-state index contributed by atoms with van der Waals surface area (Å²) in [6, 6.07) is 27.9. The number of carbonyl (C=O) groups excluding carboxylic acids is 3. The molecule has 1 unspecified atom stereocenters. The Labute approximate surface area is 208 Å². The van der Waals surface area contributed by atoms with Gasteiger partial charge in [-0.25, -0.2) is 0 Å². The number of thioether (sulfide) groups is 1. The fourth-order valence-corrected chi connectivity index (χ4v) is 4.45. The van der Waals surface area contributed by atoms with Crippen LogP contribution in [0.4, 0.5) is 17.1 Å². The van der Waals surface area contributed by atoms with Gasteiger partial charge < -0.3 is 16.0 Å². The molecule has 0 spiro atoms. The smallest absolute Gasteiger partial charge is 0.255 e. The van der Waals surface area contributed by atoms with Gasteiger partial charge in [0.05, 0.1) is 5.25 Å². The second-order valence-electron chi connectivity index (χ2n) is 8.05. The van der Waals surface area contributed by atoms with E-state index >= 15 is 0 Å². The topological polar surface area (TPSA) is 87.3 Å². The summed E-state index contributed by atoms with van der Waals surface area (Å²) in [7, 11) is 0. The summed E-state index contributed by atoms with van der Waals surface area (Å²) in [5, 5.41) is 10.2. The number of nitrogens with one attached hydrogen (secondary N) is 3. The molecular weight excluding hydrogens is 458 g/mol. The van der Waals surface area contributed by atoms with Crippen molar-refractivity contribution in [2.24, 2.45) is 0 Å². The van der Waals surface area contributed by atoms with Crippen LogP contribution in [-0.2, 0) is 9.59 Å². The van der Waals surface area contributed by atoms with E-state index in [0.29, 0.717) is 22.6 Å². The molecule has 0 aromatic heterocycles. The molecule has 3 N–H and O–H groups in total. The monoisotopic (exact) mass is 483 g/mol. The molecule has 6 nitrogen and oxygen atoms in total. The van der Waals surface area contributed by atoms with Gasteiger partial charge in [-0.1, -0.05) is 36.4 Å². The molecule has 7 heteroatoms. The zero-order chi connectivity index (χ0) is 24.8. The van der Waals surface area contributed by atoms with Gasteiger partial charge in [0, 0.05) is 34.4 Å². The van der Waals surface area contributed by atoms with Crippen LogP contribution in [0, 0.1) is 0 Å². The Morgan fingerprint density at radius 2 is 1.37 bits per heavy atom. The van der Waals surface area contributed by atoms with Crippen molar-refractivity contribution in [3.63, 3.8) is 0 Å². The van der Waals surface area contributed by atoms with E-state index in [-0.39, 0.29) is 23.0 Å². The van der Waals surface area contributed by atoms with E-state index in [1.807, 2.05) is 73.7 Å². The van der Waals surface area contributed by atoms with Gasteiger partial charge >= 0.3 is 0 Å². The molecule has 0 saturated heterocycles. The van der Waals surface area contributed by atoms with E-state index in [1.165, 1.54) is 18.7 Å². The van der Waals surface area contributed by atoms with Crippen LogP contribution in [-0.4, -0.2) is 23.0 Å². The lowest BCUT2D eigenvalue weighted by Crippen LogP contribution is -2.22. The summed E-state index contributed by atoms with van der Waals surface area (Å²) < 4.78 is 0. The zero-order valence-corrected chi connectivity index (χ0v) is 20.2. The standard InChI is InChI=1S/C28H25N3O3S/c1-18(27(33)30-24-14-12-23(13-15-24)29-19(2)32)35-26-9-5-8-25(17-26)31-28(34)22-11-10-20-6-3-4-7-21(20)16-22/h3-18H,1-2H3,(H,29,32)(H,30,33)(H,31,34). The molecular formula is C28H25N3O3S. The molecule has 4 rings (SSSR count). The maximum Gasteiger partial charge on any atom is 0.255 e. The van der Waals surface area contributed by atoms with Crippen molar-refractivity contribution in [1.82, 2.24) is 0 Å². The van der Waals surface area contributed by atoms with Crippen LogP contribution in [0.1, 0.15) is 24.2 Å². The lowest BCUT2D eigenvalue weighted by molar-refractivity contribution is -0.115. The van der Waals surface area contributed by atoms with Gasteiger partial charge in [-0.2, -0.15) is 0 Å². The average Bonchev–Trinajstić information content (AvgIpc) is 2.84. The lowest BCUT2D eigenvalue weighted by Gasteiger charge is -2.13. The molecule has 1 atom stereocenters. The Morgan fingerprint density at radius 3 is 2.09 bits per heavy atom. The normalized spacial score (nSPS) is 11.5. The second kappa shape index (κ2) is 10.9. The van der Waals surface area contributed by atoms with Gasteiger partial charge in [0.25, 0.3) is 5.91 Å². The molecule has 35 heavy (non-hydrogen) atoms. The summed E-state index contributed by atoms with van der Waals surface area (Å²) in [5.74, 6) is -0.484. The van der Waals surface area contributed by atoms with E-state index in [4.69, 9.17) is 0 Å². The zero-order valence-electron chi connectivity index (χ0n) is 19.4. The maximum absolute atomic E-state index is 12.8. The summed E-state index contributed by atoms with van der Waals surface area (Å²) in [6.45, 7) is 3.27. The first-order valence-corrected chi connectivity index (χ1v) is 12.0. The highest BCUT2D eigenvalue weighted by Crippen LogP contribution is 2.27. The second-order valence-corrected chi connectivity index (χ2v) is 9.47. The average molecular weight is 484 g/mol. The Balaban J connectivity index is 1.36. The van der Waals surface area contributed by atoms with Gasteiger partial charge in [0.2, 0.25) is 11.8 Å². The predicted octanol–water partition coefficient (Wildman–Crippen LogP) is 6.17. The van der Waals surface area contributed by atoms with Crippen molar-refractivity contribution in [1.29, 1.82) is 0 Å². The number of anilines is 3. The van der Waals surface area contributed by atoms with E-state index in [0.717, 1.165) is 15.7 Å². The Hall–Kier alpha value is -4.10. The van der Waals surface area contributed by atoms with Crippen LogP contribution >= 0.6 is 11.8 Å². The molecule has 4 aromatic carbocycles. The molecule has 0 heterocycles. The highest BCUT2D eigenvalue weighted by Gasteiger charge is 2.15.